The summed E-state index contributed by atoms with van der Waals surface area (Å²) in [6, 6.07) is 16.7. The van der Waals surface area contributed by atoms with Crippen LogP contribution in [0, 0.1) is 0 Å². The molecule has 152 valence electrons. The fraction of sp³-hybridized carbons (Fsp3) is 0.250. The lowest BCUT2D eigenvalue weighted by atomic mass is 9.92. The van der Waals surface area contributed by atoms with Crippen molar-refractivity contribution in [3.8, 4) is 5.75 Å². The lowest BCUT2D eigenvalue weighted by Gasteiger charge is -2.32. The molecule has 30 heavy (non-hydrogen) atoms. The van der Waals surface area contributed by atoms with E-state index in [0.717, 1.165) is 42.6 Å². The average molecular weight is 401 g/mol. The zero-order valence-corrected chi connectivity index (χ0v) is 16.9. The van der Waals surface area contributed by atoms with E-state index in [4.69, 9.17) is 4.74 Å². The molecule has 0 spiro atoms. The highest BCUT2D eigenvalue weighted by molar-refractivity contribution is 6.36. The molecular weight excluding hydrogens is 378 g/mol. The van der Waals surface area contributed by atoms with Crippen LogP contribution in [0.25, 0.3) is 10.8 Å². The summed E-state index contributed by atoms with van der Waals surface area (Å²) in [5, 5.41) is 5.08. The zero-order chi connectivity index (χ0) is 20.7. The molecule has 2 heterocycles. The number of benzene rings is 3. The van der Waals surface area contributed by atoms with Crippen LogP contribution in [0.1, 0.15) is 27.6 Å². The second kappa shape index (κ2) is 7.46. The van der Waals surface area contributed by atoms with Gasteiger partial charge in [-0.3, -0.25) is 9.59 Å². The molecule has 2 aliphatic heterocycles. The van der Waals surface area contributed by atoms with Crippen LogP contribution in [0.5, 0.6) is 5.75 Å². The lowest BCUT2D eigenvalue weighted by molar-refractivity contribution is 0.0893. The smallest absolute Gasteiger partial charge is 0.265 e. The number of hydrogen-bond acceptors (Lipinski definition) is 5. The van der Waals surface area contributed by atoms with Crippen molar-refractivity contribution in [3.05, 3.63) is 65.7 Å². The first-order valence-corrected chi connectivity index (χ1v) is 10.3. The van der Waals surface area contributed by atoms with Crippen LogP contribution in [0.15, 0.2) is 54.6 Å². The summed E-state index contributed by atoms with van der Waals surface area (Å²) in [6.45, 7) is 6.12. The van der Waals surface area contributed by atoms with E-state index in [1.165, 1.54) is 4.90 Å². The van der Waals surface area contributed by atoms with E-state index < -0.39 is 0 Å². The van der Waals surface area contributed by atoms with Gasteiger partial charge in [-0.2, -0.15) is 0 Å². The molecule has 3 aromatic rings. The molecule has 1 saturated heterocycles. The number of amides is 2. The molecule has 0 radical (unpaired) electrons. The van der Waals surface area contributed by atoms with Crippen LogP contribution in [-0.4, -0.2) is 44.6 Å². The number of nitrogens with zero attached hydrogens (tertiary/aromatic N) is 2. The van der Waals surface area contributed by atoms with Crippen LogP contribution < -0.4 is 19.9 Å². The van der Waals surface area contributed by atoms with Crippen LogP contribution in [-0.2, 0) is 0 Å². The Morgan fingerprint density at radius 2 is 1.60 bits per heavy atom. The number of carbonyl (C=O) groups excluding carboxylic acids is 2. The highest BCUT2D eigenvalue weighted by Crippen LogP contribution is 2.37. The molecule has 1 N–H and O–H groups in total. The highest BCUT2D eigenvalue weighted by Gasteiger charge is 2.34. The van der Waals surface area contributed by atoms with Gasteiger partial charge in [-0.25, -0.2) is 4.90 Å². The van der Waals surface area contributed by atoms with E-state index in [-0.39, 0.29) is 11.8 Å². The molecule has 1 fully saturated rings. The van der Waals surface area contributed by atoms with E-state index in [1.807, 2.05) is 37.3 Å². The van der Waals surface area contributed by atoms with Crippen LogP contribution in [0.2, 0.25) is 0 Å². The quantitative estimate of drug-likeness (QED) is 0.679. The third-order valence-corrected chi connectivity index (χ3v) is 5.75. The van der Waals surface area contributed by atoms with E-state index in [9.17, 15) is 9.59 Å². The molecule has 0 aliphatic carbocycles. The van der Waals surface area contributed by atoms with Gasteiger partial charge in [-0.05, 0) is 49.4 Å². The van der Waals surface area contributed by atoms with Gasteiger partial charge in [0, 0.05) is 53.8 Å². The number of anilines is 2. The number of carbonyl (C=O) groups is 2. The standard InChI is InChI=1S/C24H23N3O3/c1-2-30-17-8-6-16(7-9-17)27-23(28)19-5-3-4-18-21(26-14-12-25-13-15-26)11-10-20(22(18)19)24(27)29/h3-11,25H,2,12-15H2,1H3. The Balaban J connectivity index is 1.60. The van der Waals surface area contributed by atoms with E-state index in [2.05, 4.69) is 10.2 Å². The Labute approximate surface area is 175 Å². The summed E-state index contributed by atoms with van der Waals surface area (Å²) in [7, 11) is 0. The van der Waals surface area contributed by atoms with Crippen molar-refractivity contribution in [1.82, 2.24) is 5.32 Å². The van der Waals surface area contributed by atoms with Gasteiger partial charge in [0.25, 0.3) is 11.8 Å². The first kappa shape index (κ1) is 18.6. The molecule has 0 bridgehead atoms. The summed E-state index contributed by atoms with van der Waals surface area (Å²) in [5.41, 5.74) is 2.75. The maximum atomic E-state index is 13.4. The van der Waals surface area contributed by atoms with Gasteiger partial charge in [-0.1, -0.05) is 12.1 Å². The van der Waals surface area contributed by atoms with Crippen molar-refractivity contribution in [2.24, 2.45) is 0 Å². The van der Waals surface area contributed by atoms with Crippen molar-refractivity contribution in [2.45, 2.75) is 6.92 Å². The Morgan fingerprint density at radius 1 is 0.900 bits per heavy atom. The first-order chi connectivity index (χ1) is 14.7. The summed E-state index contributed by atoms with van der Waals surface area (Å²) in [4.78, 5) is 30.3. The minimum atomic E-state index is -0.292. The number of rotatable bonds is 4. The van der Waals surface area contributed by atoms with Crippen LogP contribution in [0.3, 0.4) is 0 Å². The SMILES string of the molecule is CCOc1ccc(N2C(=O)c3cccc4c(N5CCNCC5)ccc(c34)C2=O)cc1. The van der Waals surface area contributed by atoms with Gasteiger partial charge in [-0.15, -0.1) is 0 Å². The molecule has 0 atom stereocenters. The molecule has 2 amide bonds. The minimum absolute atomic E-state index is 0.292. The summed E-state index contributed by atoms with van der Waals surface area (Å²) < 4.78 is 5.48. The maximum Gasteiger partial charge on any atom is 0.265 e. The van der Waals surface area contributed by atoms with Crippen molar-refractivity contribution in [2.75, 3.05) is 42.6 Å². The Bertz CT molecular complexity index is 1110. The minimum Gasteiger partial charge on any atom is -0.494 e. The summed E-state index contributed by atoms with van der Waals surface area (Å²) in [5.74, 6) is 0.126. The fourth-order valence-electron chi connectivity index (χ4n) is 4.35. The molecular formula is C24H23N3O3. The van der Waals surface area contributed by atoms with Gasteiger partial charge in [0.15, 0.2) is 0 Å². The third kappa shape index (κ3) is 2.92. The molecule has 0 saturated carbocycles. The monoisotopic (exact) mass is 401 g/mol. The first-order valence-electron chi connectivity index (χ1n) is 10.3. The molecule has 0 unspecified atom stereocenters. The van der Waals surface area contributed by atoms with Gasteiger partial charge in [0.05, 0.1) is 12.3 Å². The largest absolute Gasteiger partial charge is 0.494 e. The second-order valence-corrected chi connectivity index (χ2v) is 7.47. The average Bonchev–Trinajstić information content (AvgIpc) is 2.79. The molecule has 3 aromatic carbocycles. The predicted molar refractivity (Wildman–Crippen MR) is 118 cm³/mol. The number of nitrogens with one attached hydrogen (secondary N) is 1. The maximum absolute atomic E-state index is 13.4. The molecule has 2 aliphatic rings. The van der Waals surface area contributed by atoms with E-state index in [1.54, 1.807) is 24.3 Å². The fourth-order valence-corrected chi connectivity index (χ4v) is 4.35. The molecule has 0 aromatic heterocycles. The normalized spacial score (nSPS) is 16.3. The summed E-state index contributed by atoms with van der Waals surface area (Å²) >= 11 is 0. The van der Waals surface area contributed by atoms with E-state index >= 15 is 0 Å². The van der Waals surface area contributed by atoms with Crippen molar-refractivity contribution in [3.63, 3.8) is 0 Å². The third-order valence-electron chi connectivity index (χ3n) is 5.75. The number of hydrogen-bond donors (Lipinski definition) is 1. The zero-order valence-electron chi connectivity index (χ0n) is 16.9. The number of imide groups is 1. The van der Waals surface area contributed by atoms with Crippen molar-refractivity contribution < 1.29 is 14.3 Å². The summed E-state index contributed by atoms with van der Waals surface area (Å²) in [6.07, 6.45) is 0. The van der Waals surface area contributed by atoms with Gasteiger partial charge < -0.3 is 15.0 Å². The predicted octanol–water partition coefficient (Wildman–Crippen LogP) is 3.45. The molecule has 6 heteroatoms. The Kier molecular flexibility index (Phi) is 4.64. The highest BCUT2D eigenvalue weighted by atomic mass is 16.5. The van der Waals surface area contributed by atoms with Gasteiger partial charge in [0.1, 0.15) is 5.75 Å². The van der Waals surface area contributed by atoms with Crippen molar-refractivity contribution in [1.29, 1.82) is 0 Å². The van der Waals surface area contributed by atoms with E-state index in [0.29, 0.717) is 29.2 Å². The second-order valence-electron chi connectivity index (χ2n) is 7.47. The number of piperazine rings is 1. The van der Waals surface area contributed by atoms with Gasteiger partial charge in [0.2, 0.25) is 0 Å². The Morgan fingerprint density at radius 3 is 2.30 bits per heavy atom. The van der Waals surface area contributed by atoms with Crippen LogP contribution in [0.4, 0.5) is 11.4 Å². The van der Waals surface area contributed by atoms with Crippen molar-refractivity contribution >= 4 is 34.0 Å². The van der Waals surface area contributed by atoms with Crippen LogP contribution >= 0.6 is 0 Å². The topological polar surface area (TPSA) is 61.9 Å². The molecule has 6 nitrogen and oxygen atoms in total. The lowest BCUT2D eigenvalue weighted by Crippen LogP contribution is -2.44. The molecule has 5 rings (SSSR count). The number of ether oxygens (including phenoxy) is 1. The van der Waals surface area contributed by atoms with Gasteiger partial charge >= 0.3 is 0 Å². The Hall–Kier alpha value is -3.38.